The third kappa shape index (κ3) is 2.93. The number of amides is 1. The lowest BCUT2D eigenvalue weighted by atomic mass is 10.1. The Morgan fingerprint density at radius 3 is 2.23 bits per heavy atom. The van der Waals surface area contributed by atoms with Crippen molar-refractivity contribution in [2.45, 2.75) is 6.92 Å². The maximum absolute atomic E-state index is 12.0. The van der Waals surface area contributed by atoms with Gasteiger partial charge in [-0.05, 0) is 54.5 Å². The van der Waals surface area contributed by atoms with Crippen molar-refractivity contribution in [3.8, 4) is 16.9 Å². The highest BCUT2D eigenvalue weighted by atomic mass is 32.1. The lowest BCUT2D eigenvalue weighted by molar-refractivity contribution is -0.115. The lowest BCUT2D eigenvalue weighted by Gasteiger charge is -2.12. The van der Waals surface area contributed by atoms with E-state index in [-0.39, 0.29) is 5.91 Å². The minimum Gasteiger partial charge on any atom is -0.328 e. The van der Waals surface area contributed by atoms with Crippen LogP contribution in [0.2, 0.25) is 0 Å². The highest BCUT2D eigenvalue weighted by molar-refractivity contribution is 7.80. The Bertz CT molecular complexity index is 1020. The second-order valence-corrected chi connectivity index (χ2v) is 6.48. The minimum absolute atomic E-state index is 0.205. The number of para-hydroxylation sites is 1. The van der Waals surface area contributed by atoms with Crippen LogP contribution in [0.4, 0.5) is 0 Å². The first-order valence-corrected chi connectivity index (χ1v) is 8.71. The highest BCUT2D eigenvalue weighted by Crippen LogP contribution is 2.30. The summed E-state index contributed by atoms with van der Waals surface area (Å²) in [6.07, 6.45) is 1.84. The van der Waals surface area contributed by atoms with Crippen molar-refractivity contribution in [3.05, 3.63) is 83.7 Å². The number of nitrogens with one attached hydrogen (secondary N) is 2. The molecule has 1 aliphatic rings. The molecule has 0 bridgehead atoms. The molecule has 0 aliphatic carbocycles. The van der Waals surface area contributed by atoms with E-state index in [2.05, 4.69) is 52.5 Å². The molecule has 5 heteroatoms. The van der Waals surface area contributed by atoms with E-state index in [1.165, 1.54) is 0 Å². The van der Waals surface area contributed by atoms with Gasteiger partial charge < -0.3 is 9.88 Å². The third-order valence-electron chi connectivity index (χ3n) is 4.39. The molecule has 1 fully saturated rings. The molecule has 0 radical (unpaired) electrons. The smallest absolute Gasteiger partial charge is 0.273 e. The summed E-state index contributed by atoms with van der Waals surface area (Å²) in [5, 5.41) is 5.85. The van der Waals surface area contributed by atoms with Crippen LogP contribution in [0.25, 0.3) is 23.0 Å². The number of rotatable bonds is 3. The number of hydrogen-bond donors (Lipinski definition) is 2. The fraction of sp³-hybridized carbons (Fsp3) is 0.0476. The molecule has 4 nitrogen and oxygen atoms in total. The molecule has 0 spiro atoms. The van der Waals surface area contributed by atoms with Crippen LogP contribution in [0.15, 0.2) is 72.4 Å². The third-order valence-corrected chi connectivity index (χ3v) is 4.59. The van der Waals surface area contributed by atoms with E-state index in [1.54, 1.807) is 0 Å². The topological polar surface area (TPSA) is 46.1 Å². The molecule has 4 rings (SSSR count). The Morgan fingerprint density at radius 1 is 0.962 bits per heavy atom. The van der Waals surface area contributed by atoms with Crippen molar-refractivity contribution in [1.82, 2.24) is 15.2 Å². The molecule has 0 atom stereocenters. The summed E-state index contributed by atoms with van der Waals surface area (Å²) >= 11 is 5.02. The van der Waals surface area contributed by atoms with Crippen molar-refractivity contribution in [1.29, 1.82) is 0 Å². The molecule has 2 heterocycles. The van der Waals surface area contributed by atoms with Crippen molar-refractivity contribution < 1.29 is 4.79 Å². The van der Waals surface area contributed by atoms with E-state index in [4.69, 9.17) is 12.2 Å². The van der Waals surface area contributed by atoms with Crippen LogP contribution in [0, 0.1) is 6.92 Å². The summed E-state index contributed by atoms with van der Waals surface area (Å²) in [5.41, 5.74) is 5.74. The van der Waals surface area contributed by atoms with Crippen molar-refractivity contribution in [3.63, 3.8) is 0 Å². The van der Waals surface area contributed by atoms with E-state index in [9.17, 15) is 4.79 Å². The van der Waals surface area contributed by atoms with Gasteiger partial charge in [-0.15, -0.1) is 0 Å². The van der Waals surface area contributed by atoms with Crippen LogP contribution in [0.5, 0.6) is 0 Å². The second kappa shape index (κ2) is 6.61. The van der Waals surface area contributed by atoms with Gasteiger partial charge in [0.15, 0.2) is 5.11 Å². The van der Waals surface area contributed by atoms with Crippen LogP contribution < -0.4 is 10.6 Å². The van der Waals surface area contributed by atoms with Gasteiger partial charge in [-0.2, -0.15) is 0 Å². The number of benzene rings is 2. The fourth-order valence-corrected chi connectivity index (χ4v) is 3.34. The van der Waals surface area contributed by atoms with Gasteiger partial charge in [0.1, 0.15) is 5.70 Å². The van der Waals surface area contributed by atoms with Gasteiger partial charge in [0, 0.05) is 11.4 Å². The van der Waals surface area contributed by atoms with Crippen molar-refractivity contribution in [2.75, 3.05) is 0 Å². The maximum Gasteiger partial charge on any atom is 0.273 e. The van der Waals surface area contributed by atoms with Gasteiger partial charge in [0.2, 0.25) is 0 Å². The lowest BCUT2D eigenvalue weighted by Crippen LogP contribution is -2.21. The molecule has 128 valence electrons. The zero-order valence-electron chi connectivity index (χ0n) is 14.2. The molecule has 0 saturated carbocycles. The molecule has 26 heavy (non-hydrogen) atoms. The number of thiocarbonyl (C=S) groups is 1. The maximum atomic E-state index is 12.0. The van der Waals surface area contributed by atoms with Crippen LogP contribution in [0.3, 0.4) is 0 Å². The molecule has 2 aromatic carbocycles. The number of nitrogens with zero attached hydrogens (tertiary/aromatic N) is 1. The van der Waals surface area contributed by atoms with Crippen LogP contribution in [-0.4, -0.2) is 15.6 Å². The Morgan fingerprint density at radius 2 is 1.62 bits per heavy atom. The number of carbonyl (C=O) groups is 1. The summed E-state index contributed by atoms with van der Waals surface area (Å²) < 4.78 is 2.20. The quantitative estimate of drug-likeness (QED) is 0.552. The normalized spacial score (nSPS) is 15.2. The highest BCUT2D eigenvalue weighted by Gasteiger charge is 2.21. The van der Waals surface area contributed by atoms with Crippen LogP contribution in [0.1, 0.15) is 11.3 Å². The van der Waals surface area contributed by atoms with Gasteiger partial charge in [-0.25, -0.2) is 0 Å². The molecular formula is C21H17N3OS. The molecular weight excluding hydrogens is 342 g/mol. The summed E-state index contributed by atoms with van der Waals surface area (Å²) in [6, 6.07) is 22.5. The number of hydrogen-bond acceptors (Lipinski definition) is 2. The molecule has 3 aromatic rings. The van der Waals surface area contributed by atoms with Gasteiger partial charge in [-0.3, -0.25) is 10.1 Å². The SMILES string of the molecule is Cc1c(/C=C2\NC(=S)NC2=O)cc(-c2ccccc2)n1-c1ccccc1. The molecule has 1 saturated heterocycles. The molecule has 2 N–H and O–H groups in total. The van der Waals surface area contributed by atoms with Gasteiger partial charge in [-0.1, -0.05) is 48.5 Å². The average Bonchev–Trinajstić information content (AvgIpc) is 3.15. The van der Waals surface area contributed by atoms with E-state index >= 15 is 0 Å². The molecule has 1 aromatic heterocycles. The molecule has 1 amide bonds. The van der Waals surface area contributed by atoms with Gasteiger partial charge in [0.05, 0.1) is 5.69 Å². The van der Waals surface area contributed by atoms with E-state index < -0.39 is 0 Å². The second-order valence-electron chi connectivity index (χ2n) is 6.07. The Balaban J connectivity index is 1.90. The summed E-state index contributed by atoms with van der Waals surface area (Å²) in [7, 11) is 0. The standard InChI is InChI=1S/C21H17N3OS/c1-14-16(12-18-20(25)23-21(26)22-18)13-19(15-8-4-2-5-9-15)24(14)17-10-6-3-7-11-17/h2-13H,1H3,(H2,22,23,25,26)/b18-12-. The summed E-state index contributed by atoms with van der Waals surface area (Å²) in [6.45, 7) is 2.05. The predicted molar refractivity (Wildman–Crippen MR) is 108 cm³/mol. The van der Waals surface area contributed by atoms with Crippen molar-refractivity contribution in [2.24, 2.45) is 0 Å². The van der Waals surface area contributed by atoms with E-state index in [0.717, 1.165) is 28.2 Å². The van der Waals surface area contributed by atoms with Crippen LogP contribution in [-0.2, 0) is 4.79 Å². The number of aromatic nitrogens is 1. The first kappa shape index (κ1) is 16.3. The zero-order chi connectivity index (χ0) is 18.1. The van der Waals surface area contributed by atoms with Gasteiger partial charge in [0.25, 0.3) is 5.91 Å². The van der Waals surface area contributed by atoms with E-state index in [1.807, 2.05) is 42.5 Å². The summed E-state index contributed by atoms with van der Waals surface area (Å²) in [4.78, 5) is 12.0. The Hall–Kier alpha value is -3.18. The fourth-order valence-electron chi connectivity index (χ4n) is 3.14. The first-order valence-electron chi connectivity index (χ1n) is 8.31. The average molecular weight is 359 g/mol. The Kier molecular flexibility index (Phi) is 4.14. The first-order chi connectivity index (χ1) is 12.6. The van der Waals surface area contributed by atoms with E-state index in [0.29, 0.717) is 10.8 Å². The van der Waals surface area contributed by atoms with Crippen LogP contribution >= 0.6 is 12.2 Å². The largest absolute Gasteiger partial charge is 0.328 e. The van der Waals surface area contributed by atoms with Gasteiger partial charge >= 0.3 is 0 Å². The zero-order valence-corrected chi connectivity index (χ0v) is 15.0. The number of carbonyl (C=O) groups excluding carboxylic acids is 1. The van der Waals surface area contributed by atoms with Crippen molar-refractivity contribution >= 4 is 29.3 Å². The minimum atomic E-state index is -0.205. The summed E-state index contributed by atoms with van der Waals surface area (Å²) in [5.74, 6) is -0.205. The molecule has 0 unspecified atom stereocenters. The monoisotopic (exact) mass is 359 g/mol. The predicted octanol–water partition coefficient (Wildman–Crippen LogP) is 3.80. The molecule has 1 aliphatic heterocycles. The Labute approximate surface area is 157 Å².